The summed E-state index contributed by atoms with van der Waals surface area (Å²) in [7, 11) is 2.16. The summed E-state index contributed by atoms with van der Waals surface area (Å²) < 4.78 is 0. The summed E-state index contributed by atoms with van der Waals surface area (Å²) in [4.78, 5) is 2.36. The second kappa shape index (κ2) is 9.21. The summed E-state index contributed by atoms with van der Waals surface area (Å²) in [6.07, 6.45) is 1.81. The first-order chi connectivity index (χ1) is 12.4. The summed E-state index contributed by atoms with van der Waals surface area (Å²) in [6.45, 7) is 7.43. The van der Waals surface area contributed by atoms with E-state index in [0.29, 0.717) is 11.1 Å². The Kier molecular flexibility index (Phi) is 7.26. The van der Waals surface area contributed by atoms with Gasteiger partial charge in [0.1, 0.15) is 0 Å². The predicted molar refractivity (Wildman–Crippen MR) is 110 cm³/mol. The smallest absolute Gasteiger partial charge is 0.0845 e. The highest BCUT2D eigenvalue weighted by molar-refractivity contribution is 6.30. The van der Waals surface area contributed by atoms with Crippen LogP contribution in [0.25, 0.3) is 0 Å². The first-order valence-electron chi connectivity index (χ1n) is 9.30. The fraction of sp³-hybridized carbons (Fsp3) is 0.435. The van der Waals surface area contributed by atoms with Gasteiger partial charge in [0, 0.05) is 17.6 Å². The first kappa shape index (κ1) is 20.5. The molecule has 0 fully saturated rings. The van der Waals surface area contributed by atoms with E-state index in [0.717, 1.165) is 24.9 Å². The number of rotatable bonds is 8. The lowest BCUT2D eigenvalue weighted by atomic mass is 9.69. The van der Waals surface area contributed by atoms with Gasteiger partial charge >= 0.3 is 0 Å². The summed E-state index contributed by atoms with van der Waals surface area (Å²) >= 11 is 6.04. The van der Waals surface area contributed by atoms with Crippen LogP contribution in [0, 0.1) is 17.2 Å². The molecule has 0 aliphatic heterocycles. The van der Waals surface area contributed by atoms with Crippen LogP contribution in [0.15, 0.2) is 54.6 Å². The molecule has 2 unspecified atom stereocenters. The highest BCUT2D eigenvalue weighted by Crippen LogP contribution is 2.37. The molecule has 0 saturated carbocycles. The minimum absolute atomic E-state index is 0.236. The van der Waals surface area contributed by atoms with Crippen molar-refractivity contribution in [3.05, 3.63) is 70.7 Å². The van der Waals surface area contributed by atoms with Crippen LogP contribution in [-0.2, 0) is 12.0 Å². The number of benzene rings is 2. The molecule has 2 aromatic rings. The van der Waals surface area contributed by atoms with E-state index in [2.05, 4.69) is 63.1 Å². The zero-order chi connectivity index (χ0) is 19.2. The summed E-state index contributed by atoms with van der Waals surface area (Å²) in [5.41, 5.74) is 1.90. The Bertz CT molecular complexity index is 718. The molecule has 0 amide bonds. The number of nitrogens with zero attached hydrogens (tertiary/aromatic N) is 2. The van der Waals surface area contributed by atoms with Gasteiger partial charge in [0.2, 0.25) is 0 Å². The van der Waals surface area contributed by atoms with E-state index in [9.17, 15) is 5.26 Å². The second-order valence-electron chi connectivity index (χ2n) is 7.53. The predicted octanol–water partition coefficient (Wildman–Crippen LogP) is 6.06. The molecular formula is C23H29ClN2. The van der Waals surface area contributed by atoms with Crippen molar-refractivity contribution in [3.8, 4) is 6.07 Å². The normalized spacial score (nSPS) is 14.8. The van der Waals surface area contributed by atoms with Crippen LogP contribution in [0.5, 0.6) is 0 Å². The maximum absolute atomic E-state index is 10.1. The molecule has 26 heavy (non-hydrogen) atoms. The van der Waals surface area contributed by atoms with Crippen molar-refractivity contribution in [3.63, 3.8) is 0 Å². The number of hydrogen-bond acceptors (Lipinski definition) is 2. The van der Waals surface area contributed by atoms with E-state index in [-0.39, 0.29) is 5.92 Å². The van der Waals surface area contributed by atoms with Crippen LogP contribution in [0.1, 0.15) is 44.7 Å². The van der Waals surface area contributed by atoms with Gasteiger partial charge in [-0.3, -0.25) is 4.90 Å². The molecule has 138 valence electrons. The van der Waals surface area contributed by atoms with Gasteiger partial charge in [-0.2, -0.15) is 5.26 Å². The molecule has 0 aliphatic carbocycles. The number of hydrogen-bond donors (Lipinski definition) is 0. The average Bonchev–Trinajstić information content (AvgIpc) is 2.64. The summed E-state index contributed by atoms with van der Waals surface area (Å²) in [5.74, 6) is 0.236. The van der Waals surface area contributed by atoms with Gasteiger partial charge in [-0.1, -0.05) is 67.9 Å². The van der Waals surface area contributed by atoms with Crippen LogP contribution in [0.2, 0.25) is 5.02 Å². The third-order valence-electron chi connectivity index (χ3n) is 5.53. The first-order valence-corrected chi connectivity index (χ1v) is 9.68. The van der Waals surface area contributed by atoms with E-state index < -0.39 is 5.41 Å². The van der Waals surface area contributed by atoms with E-state index >= 15 is 0 Å². The Morgan fingerprint density at radius 1 is 1.04 bits per heavy atom. The zero-order valence-electron chi connectivity index (χ0n) is 16.2. The van der Waals surface area contributed by atoms with Gasteiger partial charge in [-0.15, -0.1) is 0 Å². The van der Waals surface area contributed by atoms with Crippen molar-refractivity contribution in [2.45, 2.75) is 51.6 Å². The van der Waals surface area contributed by atoms with Gasteiger partial charge in [0.05, 0.1) is 11.5 Å². The standard InChI is InChI=1S/C23H29ClN2/c1-18(2)23(17-25,21-10-12-22(24)13-11-21)15-14-19(3)26(4)16-20-8-6-5-7-9-20/h5-13,18-19H,14-16H2,1-4H3. The molecule has 0 spiro atoms. The fourth-order valence-corrected chi connectivity index (χ4v) is 3.57. The monoisotopic (exact) mass is 368 g/mol. The topological polar surface area (TPSA) is 27.0 Å². The minimum Gasteiger partial charge on any atom is -0.299 e. The Balaban J connectivity index is 2.09. The van der Waals surface area contributed by atoms with E-state index in [1.54, 1.807) is 0 Å². The molecule has 0 bridgehead atoms. The van der Waals surface area contributed by atoms with Crippen molar-refractivity contribution in [2.24, 2.45) is 5.92 Å². The van der Waals surface area contributed by atoms with Crippen LogP contribution >= 0.6 is 11.6 Å². The maximum atomic E-state index is 10.1. The average molecular weight is 369 g/mol. The molecule has 0 aliphatic rings. The summed E-state index contributed by atoms with van der Waals surface area (Å²) in [5, 5.41) is 10.8. The molecule has 2 nitrogen and oxygen atoms in total. The van der Waals surface area contributed by atoms with Crippen LogP contribution in [0.4, 0.5) is 0 Å². The van der Waals surface area contributed by atoms with Crippen molar-refractivity contribution in [1.29, 1.82) is 5.26 Å². The summed E-state index contributed by atoms with van der Waals surface area (Å²) in [6, 6.07) is 21.3. The third-order valence-corrected chi connectivity index (χ3v) is 5.78. The largest absolute Gasteiger partial charge is 0.299 e. The van der Waals surface area contributed by atoms with Crippen molar-refractivity contribution >= 4 is 11.6 Å². The second-order valence-corrected chi connectivity index (χ2v) is 7.97. The van der Waals surface area contributed by atoms with Gasteiger partial charge in [0.15, 0.2) is 0 Å². The lowest BCUT2D eigenvalue weighted by molar-refractivity contribution is 0.216. The Labute approximate surface area is 163 Å². The van der Waals surface area contributed by atoms with E-state index in [4.69, 9.17) is 11.6 Å². The molecule has 2 rings (SSSR count). The molecule has 0 radical (unpaired) electrons. The van der Waals surface area contributed by atoms with Gasteiger partial charge in [-0.25, -0.2) is 0 Å². The SMILES string of the molecule is CC(CCC(C#N)(c1ccc(Cl)cc1)C(C)C)N(C)Cc1ccccc1. The maximum Gasteiger partial charge on any atom is 0.0845 e. The van der Waals surface area contributed by atoms with Crippen molar-refractivity contribution in [2.75, 3.05) is 7.05 Å². The Morgan fingerprint density at radius 3 is 2.19 bits per heavy atom. The van der Waals surface area contributed by atoms with Gasteiger partial charge in [0.25, 0.3) is 0 Å². The quantitative estimate of drug-likeness (QED) is 0.566. The third kappa shape index (κ3) is 4.87. The lowest BCUT2D eigenvalue weighted by Gasteiger charge is -2.34. The van der Waals surface area contributed by atoms with Crippen molar-refractivity contribution < 1.29 is 0 Å². The van der Waals surface area contributed by atoms with Crippen LogP contribution in [0.3, 0.4) is 0 Å². The molecule has 2 aromatic carbocycles. The number of nitriles is 1. The van der Waals surface area contributed by atoms with E-state index in [1.165, 1.54) is 5.56 Å². The Morgan fingerprint density at radius 2 is 1.65 bits per heavy atom. The molecule has 0 N–H and O–H groups in total. The fourth-order valence-electron chi connectivity index (χ4n) is 3.45. The highest BCUT2D eigenvalue weighted by Gasteiger charge is 2.36. The molecule has 0 heterocycles. The molecule has 0 saturated heterocycles. The number of halogens is 1. The Hall–Kier alpha value is -1.82. The molecule has 0 aromatic heterocycles. The van der Waals surface area contributed by atoms with Crippen molar-refractivity contribution in [1.82, 2.24) is 4.90 Å². The van der Waals surface area contributed by atoms with E-state index in [1.807, 2.05) is 30.3 Å². The molecule has 3 heteroatoms. The van der Waals surface area contributed by atoms with Gasteiger partial charge in [-0.05, 0) is 56.0 Å². The molecular weight excluding hydrogens is 340 g/mol. The molecule has 2 atom stereocenters. The van der Waals surface area contributed by atoms with Crippen LogP contribution < -0.4 is 0 Å². The highest BCUT2D eigenvalue weighted by atomic mass is 35.5. The van der Waals surface area contributed by atoms with Crippen LogP contribution in [-0.4, -0.2) is 18.0 Å². The zero-order valence-corrected chi connectivity index (χ0v) is 17.0. The van der Waals surface area contributed by atoms with Gasteiger partial charge < -0.3 is 0 Å². The lowest BCUT2D eigenvalue weighted by Crippen LogP contribution is -2.35. The minimum atomic E-state index is -0.480.